The van der Waals surface area contributed by atoms with Gasteiger partial charge in [0, 0.05) is 42.6 Å². The van der Waals surface area contributed by atoms with Crippen molar-refractivity contribution < 1.29 is 0 Å². The molecular weight excluding hydrogens is 310 g/mol. The first-order valence-corrected chi connectivity index (χ1v) is 9.24. The van der Waals surface area contributed by atoms with E-state index in [0.29, 0.717) is 18.0 Å². The summed E-state index contributed by atoms with van der Waals surface area (Å²) in [5.41, 5.74) is 5.99. The SMILES string of the molecule is Cc1cc(C)cc(Nc2ncc3c(n2)CN([C@H]2CCN[C@H](C)C2)C3)c1. The monoisotopic (exact) mass is 337 g/mol. The van der Waals surface area contributed by atoms with Gasteiger partial charge in [0.05, 0.1) is 5.69 Å². The van der Waals surface area contributed by atoms with Crippen LogP contribution < -0.4 is 10.6 Å². The molecule has 0 spiro atoms. The number of rotatable bonds is 3. The van der Waals surface area contributed by atoms with Crippen LogP contribution in [0.1, 0.15) is 42.1 Å². The molecule has 2 aliphatic rings. The van der Waals surface area contributed by atoms with Crippen molar-refractivity contribution in [2.45, 2.75) is 58.8 Å². The molecule has 0 amide bonds. The Morgan fingerprint density at radius 1 is 1.16 bits per heavy atom. The molecule has 1 aromatic carbocycles. The normalized spacial score (nSPS) is 23.5. The van der Waals surface area contributed by atoms with Crippen LogP contribution in [0.2, 0.25) is 0 Å². The third kappa shape index (κ3) is 3.67. The molecule has 2 atom stereocenters. The molecule has 1 aromatic heterocycles. The highest BCUT2D eigenvalue weighted by Crippen LogP contribution is 2.28. The summed E-state index contributed by atoms with van der Waals surface area (Å²) in [6, 6.07) is 7.70. The van der Waals surface area contributed by atoms with Crippen LogP contribution in [-0.4, -0.2) is 33.5 Å². The zero-order valence-electron chi connectivity index (χ0n) is 15.3. The fourth-order valence-corrected chi connectivity index (χ4v) is 4.11. The van der Waals surface area contributed by atoms with Crippen molar-refractivity contribution in [3.63, 3.8) is 0 Å². The minimum Gasteiger partial charge on any atom is -0.324 e. The summed E-state index contributed by atoms with van der Waals surface area (Å²) in [4.78, 5) is 11.9. The number of hydrogen-bond donors (Lipinski definition) is 2. The number of hydrogen-bond acceptors (Lipinski definition) is 5. The van der Waals surface area contributed by atoms with Gasteiger partial charge in [-0.3, -0.25) is 4.90 Å². The quantitative estimate of drug-likeness (QED) is 0.900. The van der Waals surface area contributed by atoms with Gasteiger partial charge in [-0.15, -0.1) is 0 Å². The number of benzene rings is 1. The second kappa shape index (κ2) is 6.73. The molecule has 2 aromatic rings. The van der Waals surface area contributed by atoms with E-state index < -0.39 is 0 Å². The molecule has 1 saturated heterocycles. The molecule has 0 bridgehead atoms. The van der Waals surface area contributed by atoms with E-state index >= 15 is 0 Å². The highest BCUT2D eigenvalue weighted by Gasteiger charge is 2.30. The zero-order valence-corrected chi connectivity index (χ0v) is 15.3. The maximum absolute atomic E-state index is 4.79. The minimum atomic E-state index is 0.607. The Hall–Kier alpha value is -1.98. The molecule has 4 rings (SSSR count). The second-order valence-electron chi connectivity index (χ2n) is 7.61. The topological polar surface area (TPSA) is 53.1 Å². The van der Waals surface area contributed by atoms with E-state index in [1.807, 2.05) is 6.20 Å². The van der Waals surface area contributed by atoms with Crippen molar-refractivity contribution in [2.24, 2.45) is 0 Å². The number of nitrogens with one attached hydrogen (secondary N) is 2. The van der Waals surface area contributed by atoms with Gasteiger partial charge < -0.3 is 10.6 Å². The van der Waals surface area contributed by atoms with Crippen LogP contribution in [0.3, 0.4) is 0 Å². The lowest BCUT2D eigenvalue weighted by Gasteiger charge is -2.34. The standard InChI is InChI=1S/C20H27N5/c1-13-6-14(2)8-17(7-13)23-20-22-10-16-11-25(12-19(16)24-20)18-4-5-21-15(3)9-18/h6-8,10,15,18,21H,4-5,9,11-12H2,1-3H3,(H,22,23,24)/t15-,18+/m1/s1. The Morgan fingerprint density at radius 3 is 2.72 bits per heavy atom. The number of piperidine rings is 1. The molecule has 5 heteroatoms. The second-order valence-corrected chi connectivity index (χ2v) is 7.61. The molecule has 2 N–H and O–H groups in total. The first-order valence-electron chi connectivity index (χ1n) is 9.24. The van der Waals surface area contributed by atoms with Crippen molar-refractivity contribution in [3.05, 3.63) is 46.8 Å². The van der Waals surface area contributed by atoms with Gasteiger partial charge in [0.1, 0.15) is 0 Å². The van der Waals surface area contributed by atoms with Gasteiger partial charge in [0.2, 0.25) is 5.95 Å². The van der Waals surface area contributed by atoms with Crippen LogP contribution in [0.5, 0.6) is 0 Å². The maximum atomic E-state index is 4.79. The predicted octanol–water partition coefficient (Wildman–Crippen LogP) is 3.29. The van der Waals surface area contributed by atoms with E-state index in [4.69, 9.17) is 4.98 Å². The highest BCUT2D eigenvalue weighted by molar-refractivity contribution is 5.56. The predicted molar refractivity (Wildman–Crippen MR) is 101 cm³/mol. The number of nitrogens with zero attached hydrogens (tertiary/aromatic N) is 3. The molecule has 25 heavy (non-hydrogen) atoms. The van der Waals surface area contributed by atoms with Gasteiger partial charge in [0.15, 0.2) is 0 Å². The minimum absolute atomic E-state index is 0.607. The largest absolute Gasteiger partial charge is 0.324 e. The summed E-state index contributed by atoms with van der Waals surface area (Å²) < 4.78 is 0. The highest BCUT2D eigenvalue weighted by atomic mass is 15.2. The van der Waals surface area contributed by atoms with Crippen LogP contribution in [0.4, 0.5) is 11.6 Å². The Morgan fingerprint density at radius 2 is 1.96 bits per heavy atom. The summed E-state index contributed by atoms with van der Waals surface area (Å²) >= 11 is 0. The van der Waals surface area contributed by atoms with Gasteiger partial charge >= 0.3 is 0 Å². The van der Waals surface area contributed by atoms with Crippen LogP contribution in [0, 0.1) is 13.8 Å². The van der Waals surface area contributed by atoms with Crippen LogP contribution >= 0.6 is 0 Å². The van der Waals surface area contributed by atoms with E-state index in [1.165, 1.54) is 35.2 Å². The van der Waals surface area contributed by atoms with Gasteiger partial charge in [-0.1, -0.05) is 6.07 Å². The third-order valence-corrected chi connectivity index (χ3v) is 5.27. The molecule has 0 unspecified atom stereocenters. The van der Waals surface area contributed by atoms with Gasteiger partial charge in [0.25, 0.3) is 0 Å². The van der Waals surface area contributed by atoms with E-state index in [2.05, 4.69) is 59.5 Å². The molecule has 5 nitrogen and oxygen atoms in total. The Labute approximate surface area is 149 Å². The van der Waals surface area contributed by atoms with E-state index in [1.54, 1.807) is 0 Å². The van der Waals surface area contributed by atoms with Gasteiger partial charge in [-0.25, -0.2) is 9.97 Å². The van der Waals surface area contributed by atoms with Crippen molar-refractivity contribution >= 4 is 11.6 Å². The Kier molecular flexibility index (Phi) is 4.44. The average Bonchev–Trinajstić information content (AvgIpc) is 2.97. The van der Waals surface area contributed by atoms with Crippen molar-refractivity contribution in [2.75, 3.05) is 11.9 Å². The van der Waals surface area contributed by atoms with Gasteiger partial charge in [-0.05, 0) is 63.4 Å². The fourth-order valence-electron chi connectivity index (χ4n) is 4.11. The summed E-state index contributed by atoms with van der Waals surface area (Å²) in [6.45, 7) is 9.54. The summed E-state index contributed by atoms with van der Waals surface area (Å²) in [5, 5.41) is 6.90. The Balaban J connectivity index is 1.48. The third-order valence-electron chi connectivity index (χ3n) is 5.27. The van der Waals surface area contributed by atoms with E-state index in [0.717, 1.165) is 25.3 Å². The van der Waals surface area contributed by atoms with Crippen molar-refractivity contribution in [1.82, 2.24) is 20.2 Å². The molecule has 0 aliphatic carbocycles. The van der Waals surface area contributed by atoms with E-state index in [-0.39, 0.29) is 0 Å². The molecule has 2 aliphatic heterocycles. The van der Waals surface area contributed by atoms with Crippen LogP contribution in [0.25, 0.3) is 0 Å². The Bertz CT molecular complexity index is 752. The van der Waals surface area contributed by atoms with Crippen molar-refractivity contribution in [3.8, 4) is 0 Å². The summed E-state index contributed by atoms with van der Waals surface area (Å²) in [5.74, 6) is 0.698. The smallest absolute Gasteiger partial charge is 0.227 e. The summed E-state index contributed by atoms with van der Waals surface area (Å²) in [7, 11) is 0. The molecule has 1 fully saturated rings. The van der Waals surface area contributed by atoms with Crippen LogP contribution in [-0.2, 0) is 13.1 Å². The van der Waals surface area contributed by atoms with E-state index in [9.17, 15) is 0 Å². The average molecular weight is 337 g/mol. The lowest BCUT2D eigenvalue weighted by Crippen LogP contribution is -2.45. The molecular formula is C20H27N5. The van der Waals surface area contributed by atoms with Gasteiger partial charge in [-0.2, -0.15) is 0 Å². The number of aromatic nitrogens is 2. The zero-order chi connectivity index (χ0) is 17.4. The van der Waals surface area contributed by atoms with Crippen molar-refractivity contribution in [1.29, 1.82) is 0 Å². The lowest BCUT2D eigenvalue weighted by molar-refractivity contribution is 0.146. The number of aryl methyl sites for hydroxylation is 2. The first-order chi connectivity index (χ1) is 12.1. The molecule has 132 valence electrons. The lowest BCUT2D eigenvalue weighted by atomic mass is 9.99. The number of anilines is 2. The summed E-state index contributed by atoms with van der Waals surface area (Å²) in [6.07, 6.45) is 4.44. The molecule has 3 heterocycles. The fraction of sp³-hybridized carbons (Fsp3) is 0.500. The number of fused-ring (bicyclic) bond motifs is 1. The van der Waals surface area contributed by atoms with Crippen LogP contribution in [0.15, 0.2) is 24.4 Å². The maximum Gasteiger partial charge on any atom is 0.227 e. The molecule has 0 radical (unpaired) electrons. The molecule has 0 saturated carbocycles. The first kappa shape index (κ1) is 16.5.